The minimum Gasteiger partial charge on any atom is -0.494 e. The number of aryl methyl sites for hydroxylation is 2. The predicted molar refractivity (Wildman–Crippen MR) is 79.9 cm³/mol. The molecule has 4 heteroatoms. The van der Waals surface area contributed by atoms with Crippen LogP contribution in [0.15, 0.2) is 47.4 Å². The van der Waals surface area contributed by atoms with Gasteiger partial charge in [0.15, 0.2) is 0 Å². The molecule has 2 N–H and O–H groups in total. The van der Waals surface area contributed by atoms with Gasteiger partial charge < -0.3 is 15.0 Å². The average Bonchev–Trinajstić information content (AvgIpc) is 2.46. The molecule has 0 amide bonds. The van der Waals surface area contributed by atoms with Gasteiger partial charge in [0.1, 0.15) is 5.75 Å². The van der Waals surface area contributed by atoms with Gasteiger partial charge in [0.05, 0.1) is 6.61 Å². The predicted octanol–water partition coefficient (Wildman–Crippen LogP) is 2.08. The first kappa shape index (κ1) is 14.3. The molecule has 1 heterocycles. The maximum Gasteiger partial charge on any atom is 0.250 e. The normalized spacial score (nSPS) is 10.5. The van der Waals surface area contributed by atoms with Crippen molar-refractivity contribution in [1.29, 1.82) is 0 Å². The van der Waals surface area contributed by atoms with Crippen LogP contribution in [-0.2, 0) is 13.1 Å². The molecule has 1 aromatic carbocycles. The van der Waals surface area contributed by atoms with Crippen LogP contribution in [0, 0.1) is 6.92 Å². The third-order valence-electron chi connectivity index (χ3n) is 3.12. The van der Waals surface area contributed by atoms with Crippen molar-refractivity contribution in [3.8, 4) is 5.75 Å². The Hall–Kier alpha value is -2.07. The number of nitrogens with zero attached hydrogens (tertiary/aromatic N) is 1. The molecular weight excluding hydrogens is 252 g/mol. The van der Waals surface area contributed by atoms with Crippen LogP contribution in [-0.4, -0.2) is 11.2 Å². The van der Waals surface area contributed by atoms with E-state index in [4.69, 9.17) is 10.5 Å². The molecule has 4 nitrogen and oxygen atoms in total. The fraction of sp³-hybridized carbons (Fsp3) is 0.312. The number of rotatable bonds is 6. The molecule has 0 spiro atoms. The van der Waals surface area contributed by atoms with Crippen molar-refractivity contribution in [2.45, 2.75) is 26.4 Å². The summed E-state index contributed by atoms with van der Waals surface area (Å²) in [6, 6.07) is 11.3. The van der Waals surface area contributed by atoms with Gasteiger partial charge in [-0.2, -0.15) is 0 Å². The SMILES string of the molecule is Cc1ccn(CCCOc2ccc(CN)cc2)c(=O)c1. The number of hydrogen-bond donors (Lipinski definition) is 1. The molecule has 106 valence electrons. The second-order valence-corrected chi connectivity index (χ2v) is 4.79. The van der Waals surface area contributed by atoms with Crippen molar-refractivity contribution in [3.05, 3.63) is 64.1 Å². The molecule has 0 saturated heterocycles. The Morgan fingerprint density at radius 2 is 1.95 bits per heavy atom. The van der Waals surface area contributed by atoms with Crippen LogP contribution in [0.4, 0.5) is 0 Å². The fourth-order valence-corrected chi connectivity index (χ4v) is 1.94. The highest BCUT2D eigenvalue weighted by Gasteiger charge is 1.98. The third-order valence-corrected chi connectivity index (χ3v) is 3.12. The van der Waals surface area contributed by atoms with E-state index < -0.39 is 0 Å². The molecule has 0 aliphatic heterocycles. The summed E-state index contributed by atoms with van der Waals surface area (Å²) in [5.74, 6) is 0.832. The summed E-state index contributed by atoms with van der Waals surface area (Å²) in [5.41, 5.74) is 7.65. The first-order valence-corrected chi connectivity index (χ1v) is 6.78. The number of pyridine rings is 1. The van der Waals surface area contributed by atoms with E-state index in [0.29, 0.717) is 19.7 Å². The Balaban J connectivity index is 1.79. The van der Waals surface area contributed by atoms with Crippen molar-refractivity contribution in [3.63, 3.8) is 0 Å². The highest BCUT2D eigenvalue weighted by atomic mass is 16.5. The van der Waals surface area contributed by atoms with Crippen LogP contribution >= 0.6 is 0 Å². The Labute approximate surface area is 118 Å². The van der Waals surface area contributed by atoms with E-state index >= 15 is 0 Å². The van der Waals surface area contributed by atoms with E-state index in [0.717, 1.165) is 23.3 Å². The zero-order valence-electron chi connectivity index (χ0n) is 11.7. The maximum atomic E-state index is 11.7. The first-order chi connectivity index (χ1) is 9.69. The summed E-state index contributed by atoms with van der Waals surface area (Å²) in [5, 5.41) is 0. The van der Waals surface area contributed by atoms with Gasteiger partial charge in [0.25, 0.3) is 5.56 Å². The Morgan fingerprint density at radius 1 is 1.20 bits per heavy atom. The molecule has 2 rings (SSSR count). The standard InChI is InChI=1S/C16H20N2O2/c1-13-7-9-18(16(19)11-13)8-2-10-20-15-5-3-14(12-17)4-6-15/h3-7,9,11H,2,8,10,12,17H2,1H3. The monoisotopic (exact) mass is 272 g/mol. The quantitative estimate of drug-likeness (QED) is 0.819. The summed E-state index contributed by atoms with van der Waals surface area (Å²) in [4.78, 5) is 11.7. The molecule has 0 saturated carbocycles. The lowest BCUT2D eigenvalue weighted by Crippen LogP contribution is -2.19. The van der Waals surface area contributed by atoms with E-state index in [1.165, 1.54) is 0 Å². The largest absolute Gasteiger partial charge is 0.494 e. The van der Waals surface area contributed by atoms with Crippen molar-refractivity contribution in [1.82, 2.24) is 4.57 Å². The minimum atomic E-state index is 0.0392. The first-order valence-electron chi connectivity index (χ1n) is 6.78. The van der Waals surface area contributed by atoms with Crippen molar-refractivity contribution in [2.24, 2.45) is 5.73 Å². The maximum absolute atomic E-state index is 11.7. The zero-order valence-corrected chi connectivity index (χ0v) is 11.7. The summed E-state index contributed by atoms with van der Waals surface area (Å²) >= 11 is 0. The molecule has 0 aliphatic carbocycles. The number of benzene rings is 1. The number of hydrogen-bond acceptors (Lipinski definition) is 3. The summed E-state index contributed by atoms with van der Waals surface area (Å²) in [7, 11) is 0. The van der Waals surface area contributed by atoms with Gasteiger partial charge in [0.2, 0.25) is 0 Å². The summed E-state index contributed by atoms with van der Waals surface area (Å²) < 4.78 is 7.34. The molecule has 0 bridgehead atoms. The lowest BCUT2D eigenvalue weighted by atomic mass is 10.2. The molecule has 20 heavy (non-hydrogen) atoms. The molecule has 0 fully saturated rings. The molecule has 0 unspecified atom stereocenters. The Kier molecular flexibility index (Phi) is 4.96. The lowest BCUT2D eigenvalue weighted by Gasteiger charge is -2.08. The van der Waals surface area contributed by atoms with Gasteiger partial charge in [-0.3, -0.25) is 4.79 Å². The third kappa shape index (κ3) is 3.96. The fourth-order valence-electron chi connectivity index (χ4n) is 1.94. The molecule has 1 aromatic heterocycles. The van der Waals surface area contributed by atoms with Crippen LogP contribution < -0.4 is 16.0 Å². The lowest BCUT2D eigenvalue weighted by molar-refractivity contribution is 0.301. The second-order valence-electron chi connectivity index (χ2n) is 4.79. The van der Waals surface area contributed by atoms with Gasteiger partial charge in [-0.1, -0.05) is 12.1 Å². The van der Waals surface area contributed by atoms with Crippen LogP contribution in [0.2, 0.25) is 0 Å². The van der Waals surface area contributed by atoms with Crippen molar-refractivity contribution in [2.75, 3.05) is 6.61 Å². The Morgan fingerprint density at radius 3 is 2.60 bits per heavy atom. The van der Waals surface area contributed by atoms with E-state index in [2.05, 4.69) is 0 Å². The van der Waals surface area contributed by atoms with Gasteiger partial charge >= 0.3 is 0 Å². The van der Waals surface area contributed by atoms with E-state index in [1.54, 1.807) is 10.6 Å². The van der Waals surface area contributed by atoms with Gasteiger partial charge in [-0.25, -0.2) is 0 Å². The van der Waals surface area contributed by atoms with Crippen LogP contribution in [0.1, 0.15) is 17.5 Å². The van der Waals surface area contributed by atoms with Crippen LogP contribution in [0.25, 0.3) is 0 Å². The molecule has 0 atom stereocenters. The number of ether oxygens (including phenoxy) is 1. The number of nitrogens with two attached hydrogens (primary N) is 1. The minimum absolute atomic E-state index is 0.0392. The van der Waals surface area contributed by atoms with E-state index in [9.17, 15) is 4.79 Å². The zero-order chi connectivity index (χ0) is 14.4. The highest BCUT2D eigenvalue weighted by molar-refractivity contribution is 5.27. The van der Waals surface area contributed by atoms with E-state index in [1.807, 2.05) is 43.5 Å². The second kappa shape index (κ2) is 6.91. The van der Waals surface area contributed by atoms with Gasteiger partial charge in [-0.05, 0) is 42.7 Å². The van der Waals surface area contributed by atoms with Crippen molar-refractivity contribution >= 4 is 0 Å². The van der Waals surface area contributed by atoms with Crippen LogP contribution in [0.5, 0.6) is 5.75 Å². The average molecular weight is 272 g/mol. The van der Waals surface area contributed by atoms with Gasteiger partial charge in [0, 0.05) is 25.4 Å². The molecule has 0 radical (unpaired) electrons. The number of aromatic nitrogens is 1. The summed E-state index contributed by atoms with van der Waals surface area (Å²) in [6.45, 7) is 3.71. The highest BCUT2D eigenvalue weighted by Crippen LogP contribution is 2.12. The van der Waals surface area contributed by atoms with Crippen molar-refractivity contribution < 1.29 is 4.74 Å². The smallest absolute Gasteiger partial charge is 0.250 e. The Bertz CT molecular complexity index is 603. The summed E-state index contributed by atoms with van der Waals surface area (Å²) in [6.07, 6.45) is 2.62. The van der Waals surface area contributed by atoms with E-state index in [-0.39, 0.29) is 5.56 Å². The molecular formula is C16H20N2O2. The van der Waals surface area contributed by atoms with Crippen LogP contribution in [0.3, 0.4) is 0 Å². The molecule has 2 aromatic rings. The topological polar surface area (TPSA) is 57.2 Å². The van der Waals surface area contributed by atoms with Gasteiger partial charge in [-0.15, -0.1) is 0 Å². The molecule has 0 aliphatic rings.